The Hall–Kier alpha value is -2.87. The third kappa shape index (κ3) is 4.81. The zero-order chi connectivity index (χ0) is 20.9. The number of carbonyl (C=O) groups is 3. The van der Waals surface area contributed by atoms with Gasteiger partial charge >= 0.3 is 6.03 Å². The lowest BCUT2D eigenvalue weighted by Gasteiger charge is -2.34. The van der Waals surface area contributed by atoms with Crippen LogP contribution in [0.2, 0.25) is 0 Å². The third-order valence-electron chi connectivity index (χ3n) is 5.57. The van der Waals surface area contributed by atoms with Crippen molar-refractivity contribution in [3.8, 4) is 0 Å². The lowest BCUT2D eigenvalue weighted by Crippen LogP contribution is -2.48. The molecule has 0 aliphatic carbocycles. The molecular weight excluding hydrogens is 400 g/mol. The van der Waals surface area contributed by atoms with Crippen LogP contribution in [0.25, 0.3) is 0 Å². The minimum absolute atomic E-state index is 0.0586. The Kier molecular flexibility index (Phi) is 6.32. The van der Waals surface area contributed by atoms with Crippen molar-refractivity contribution in [2.75, 3.05) is 36.8 Å². The van der Waals surface area contributed by atoms with E-state index in [-0.39, 0.29) is 23.8 Å². The molecule has 1 unspecified atom stereocenters. The van der Waals surface area contributed by atoms with Gasteiger partial charge in [-0.3, -0.25) is 9.59 Å². The monoisotopic (exact) mass is 426 g/mol. The van der Waals surface area contributed by atoms with Gasteiger partial charge in [0.15, 0.2) is 0 Å². The van der Waals surface area contributed by atoms with Crippen molar-refractivity contribution in [1.82, 2.24) is 9.80 Å². The van der Waals surface area contributed by atoms with Crippen molar-refractivity contribution in [3.05, 3.63) is 46.7 Å². The first-order valence-corrected chi connectivity index (χ1v) is 11.3. The van der Waals surface area contributed by atoms with E-state index in [1.807, 2.05) is 21.2 Å². The Morgan fingerprint density at radius 1 is 0.900 bits per heavy atom. The normalized spacial score (nSPS) is 18.9. The van der Waals surface area contributed by atoms with Gasteiger partial charge < -0.3 is 20.4 Å². The van der Waals surface area contributed by atoms with Crippen LogP contribution in [0.4, 0.5) is 16.2 Å². The van der Waals surface area contributed by atoms with Gasteiger partial charge in [-0.2, -0.15) is 0 Å². The molecule has 1 atom stereocenters. The molecule has 1 aromatic heterocycles. The van der Waals surface area contributed by atoms with Gasteiger partial charge in [0.1, 0.15) is 0 Å². The van der Waals surface area contributed by atoms with E-state index in [0.717, 1.165) is 38.8 Å². The highest BCUT2D eigenvalue weighted by molar-refractivity contribution is 7.12. The predicted octanol–water partition coefficient (Wildman–Crippen LogP) is 3.87. The summed E-state index contributed by atoms with van der Waals surface area (Å²) in [5, 5.41) is 7.66. The van der Waals surface area contributed by atoms with Gasteiger partial charge in [-0.25, -0.2) is 4.79 Å². The van der Waals surface area contributed by atoms with Crippen LogP contribution in [0.3, 0.4) is 0 Å². The molecule has 8 heteroatoms. The molecule has 2 aliphatic heterocycles. The first kappa shape index (κ1) is 20.4. The van der Waals surface area contributed by atoms with E-state index in [1.54, 1.807) is 30.3 Å². The number of anilines is 2. The van der Waals surface area contributed by atoms with Crippen molar-refractivity contribution in [2.24, 2.45) is 5.92 Å². The fraction of sp³-hybridized carbons (Fsp3) is 0.409. The molecular formula is C22H26N4O3S. The summed E-state index contributed by atoms with van der Waals surface area (Å²) in [6.07, 6.45) is 3.71. The van der Waals surface area contributed by atoms with Crippen LogP contribution in [0.15, 0.2) is 41.8 Å². The number of nitrogens with one attached hydrogen (secondary N) is 2. The SMILES string of the molecule is O=C(Nc1cccc(NC(=O)C2CCCN(C(=O)N3CCCC3)C2)c1)c1cccs1. The summed E-state index contributed by atoms with van der Waals surface area (Å²) in [6, 6.07) is 10.8. The zero-order valence-electron chi connectivity index (χ0n) is 16.8. The van der Waals surface area contributed by atoms with Crippen molar-refractivity contribution in [3.63, 3.8) is 0 Å². The maximum absolute atomic E-state index is 12.8. The number of hydrogen-bond acceptors (Lipinski definition) is 4. The van der Waals surface area contributed by atoms with Crippen molar-refractivity contribution >= 4 is 40.6 Å². The van der Waals surface area contributed by atoms with E-state index < -0.39 is 0 Å². The molecule has 2 aromatic rings. The fourth-order valence-corrected chi connectivity index (χ4v) is 4.61. The Labute approximate surface area is 180 Å². The zero-order valence-corrected chi connectivity index (χ0v) is 17.6. The summed E-state index contributed by atoms with van der Waals surface area (Å²) in [6.45, 7) is 2.80. The topological polar surface area (TPSA) is 81.8 Å². The maximum Gasteiger partial charge on any atom is 0.320 e. The number of thiophene rings is 1. The predicted molar refractivity (Wildman–Crippen MR) is 118 cm³/mol. The molecule has 1 aromatic carbocycles. The highest BCUT2D eigenvalue weighted by Gasteiger charge is 2.31. The first-order chi connectivity index (χ1) is 14.6. The van der Waals surface area contributed by atoms with Gasteiger partial charge in [-0.1, -0.05) is 12.1 Å². The minimum atomic E-state index is -0.227. The summed E-state index contributed by atoms with van der Waals surface area (Å²) in [5.41, 5.74) is 1.26. The number of likely N-dealkylation sites (tertiary alicyclic amines) is 2. The van der Waals surface area contributed by atoms with Crippen LogP contribution in [-0.4, -0.2) is 53.8 Å². The maximum atomic E-state index is 12.8. The summed E-state index contributed by atoms with van der Waals surface area (Å²) in [7, 11) is 0. The fourth-order valence-electron chi connectivity index (χ4n) is 3.99. The van der Waals surface area contributed by atoms with Crippen molar-refractivity contribution < 1.29 is 14.4 Å². The van der Waals surface area contributed by atoms with Crippen LogP contribution in [0.1, 0.15) is 35.4 Å². The molecule has 0 bridgehead atoms. The van der Waals surface area contributed by atoms with Crippen LogP contribution >= 0.6 is 11.3 Å². The summed E-state index contributed by atoms with van der Waals surface area (Å²) >= 11 is 1.38. The van der Waals surface area contributed by atoms with E-state index in [0.29, 0.717) is 29.3 Å². The molecule has 0 saturated carbocycles. The molecule has 30 heavy (non-hydrogen) atoms. The Balaban J connectivity index is 1.35. The highest BCUT2D eigenvalue weighted by atomic mass is 32.1. The number of rotatable bonds is 4. The van der Waals surface area contributed by atoms with Crippen LogP contribution in [0.5, 0.6) is 0 Å². The van der Waals surface area contributed by atoms with Crippen molar-refractivity contribution in [1.29, 1.82) is 0 Å². The van der Waals surface area contributed by atoms with Crippen molar-refractivity contribution in [2.45, 2.75) is 25.7 Å². The number of nitrogens with zero attached hydrogens (tertiary/aromatic N) is 2. The molecule has 4 rings (SSSR count). The lowest BCUT2D eigenvalue weighted by molar-refractivity contribution is -0.121. The quantitative estimate of drug-likeness (QED) is 0.779. The molecule has 7 nitrogen and oxygen atoms in total. The molecule has 2 fully saturated rings. The lowest BCUT2D eigenvalue weighted by atomic mass is 9.97. The number of carbonyl (C=O) groups excluding carboxylic acids is 3. The minimum Gasteiger partial charge on any atom is -0.326 e. The van der Waals surface area contributed by atoms with Gasteiger partial charge in [0.05, 0.1) is 10.8 Å². The Morgan fingerprint density at radius 2 is 1.63 bits per heavy atom. The third-order valence-corrected chi connectivity index (χ3v) is 6.44. The molecule has 0 radical (unpaired) electrons. The summed E-state index contributed by atoms with van der Waals surface area (Å²) < 4.78 is 0. The first-order valence-electron chi connectivity index (χ1n) is 10.4. The molecule has 3 heterocycles. The van der Waals surface area contributed by atoms with Crippen LogP contribution < -0.4 is 10.6 Å². The standard InChI is InChI=1S/C22H26N4O3S/c27-20(16-6-4-12-26(15-16)22(29)25-10-1-2-11-25)23-17-7-3-8-18(14-17)24-21(28)19-9-5-13-30-19/h3,5,7-9,13-14,16H,1-2,4,6,10-12,15H2,(H,23,27)(H,24,28). The van der Waals surface area contributed by atoms with Gasteiger partial charge in [0.25, 0.3) is 5.91 Å². The molecule has 2 aliphatic rings. The van der Waals surface area contributed by atoms with Gasteiger partial charge in [0.2, 0.25) is 5.91 Å². The smallest absolute Gasteiger partial charge is 0.320 e. The van der Waals surface area contributed by atoms with E-state index in [4.69, 9.17) is 0 Å². The molecule has 0 spiro atoms. The highest BCUT2D eigenvalue weighted by Crippen LogP contribution is 2.23. The number of amides is 4. The molecule has 2 saturated heterocycles. The second kappa shape index (κ2) is 9.30. The van der Waals surface area contributed by atoms with Gasteiger partial charge in [0, 0.05) is 37.6 Å². The summed E-state index contributed by atoms with van der Waals surface area (Å²) in [4.78, 5) is 42.1. The van der Waals surface area contributed by atoms with E-state index >= 15 is 0 Å². The second-order valence-corrected chi connectivity index (χ2v) is 8.71. The second-order valence-electron chi connectivity index (χ2n) is 7.76. The largest absolute Gasteiger partial charge is 0.326 e. The molecule has 158 valence electrons. The van der Waals surface area contributed by atoms with Crippen LogP contribution in [0, 0.1) is 5.92 Å². The number of benzene rings is 1. The Bertz CT molecular complexity index is 909. The number of urea groups is 1. The number of hydrogen-bond donors (Lipinski definition) is 2. The van der Waals surface area contributed by atoms with E-state index in [1.165, 1.54) is 11.3 Å². The molecule has 2 N–H and O–H groups in total. The average Bonchev–Trinajstić information content (AvgIpc) is 3.48. The Morgan fingerprint density at radius 3 is 2.37 bits per heavy atom. The van der Waals surface area contributed by atoms with Gasteiger partial charge in [-0.05, 0) is 55.3 Å². The molecule has 4 amide bonds. The van der Waals surface area contributed by atoms with Crippen LogP contribution in [-0.2, 0) is 4.79 Å². The van der Waals surface area contributed by atoms with E-state index in [9.17, 15) is 14.4 Å². The summed E-state index contributed by atoms with van der Waals surface area (Å²) in [5.74, 6) is -0.484. The van der Waals surface area contributed by atoms with E-state index in [2.05, 4.69) is 10.6 Å². The number of piperidine rings is 1. The van der Waals surface area contributed by atoms with Gasteiger partial charge in [-0.15, -0.1) is 11.3 Å². The average molecular weight is 427 g/mol.